The van der Waals surface area contributed by atoms with Crippen LogP contribution in [0.25, 0.3) is 5.70 Å². The Bertz CT molecular complexity index is 415. The molecular weight excluding hydrogens is 236 g/mol. The van der Waals surface area contributed by atoms with Gasteiger partial charge in [-0.05, 0) is 22.0 Å². The predicted octanol–water partition coefficient (Wildman–Crippen LogP) is 2.02. The van der Waals surface area contributed by atoms with Gasteiger partial charge in [0.15, 0.2) is 0 Å². The smallest absolute Gasteiger partial charge is 0.259 e. The molecule has 13 heavy (non-hydrogen) atoms. The summed E-state index contributed by atoms with van der Waals surface area (Å²) in [6.07, 6.45) is 3.79. The highest BCUT2D eigenvalue weighted by Crippen LogP contribution is 2.28. The van der Waals surface area contributed by atoms with E-state index in [4.69, 9.17) is 0 Å². The van der Waals surface area contributed by atoms with E-state index in [0.29, 0.717) is 12.0 Å². The monoisotopic (exact) mass is 240 g/mol. The number of allylic oxidation sites excluding steroid dienone is 1. The molecule has 0 bridgehead atoms. The van der Waals surface area contributed by atoms with Crippen LogP contribution in [0.2, 0.25) is 0 Å². The Labute approximate surface area is 82.6 Å². The van der Waals surface area contributed by atoms with Gasteiger partial charge in [0, 0.05) is 23.2 Å². The summed E-state index contributed by atoms with van der Waals surface area (Å²) in [5.74, 6) is 0. The lowest BCUT2D eigenvalue weighted by Crippen LogP contribution is -1.96. The average molecular weight is 241 g/mol. The van der Waals surface area contributed by atoms with E-state index in [-0.39, 0.29) is 10.6 Å². The van der Waals surface area contributed by atoms with Crippen molar-refractivity contribution in [2.24, 2.45) is 0 Å². The first-order chi connectivity index (χ1) is 6.18. The van der Waals surface area contributed by atoms with Crippen LogP contribution in [0.1, 0.15) is 11.3 Å². The molecule has 0 N–H and O–H groups in total. The number of rotatable bonds is 1. The zero-order chi connectivity index (χ0) is 9.42. The van der Waals surface area contributed by atoms with Crippen LogP contribution in [0.15, 0.2) is 22.8 Å². The van der Waals surface area contributed by atoms with Gasteiger partial charge in [-0.3, -0.25) is 15.1 Å². The van der Waals surface area contributed by atoms with E-state index in [9.17, 15) is 10.1 Å². The molecule has 0 saturated heterocycles. The summed E-state index contributed by atoms with van der Waals surface area (Å²) in [7, 11) is 0. The molecule has 0 fully saturated rings. The number of nitro groups is 1. The van der Waals surface area contributed by atoms with Crippen LogP contribution < -0.4 is 0 Å². The third-order valence-electron chi connectivity index (χ3n) is 1.90. The maximum atomic E-state index is 10.6. The molecule has 0 radical (unpaired) electrons. The van der Waals surface area contributed by atoms with Gasteiger partial charge in [0.25, 0.3) is 5.70 Å². The first-order valence-corrected chi connectivity index (χ1v) is 4.47. The number of pyridine rings is 1. The van der Waals surface area contributed by atoms with Gasteiger partial charge < -0.3 is 0 Å². The number of halogens is 1. The van der Waals surface area contributed by atoms with Crippen molar-refractivity contribution in [3.05, 3.63) is 44.2 Å². The molecule has 2 rings (SSSR count). The van der Waals surface area contributed by atoms with E-state index in [2.05, 4.69) is 20.9 Å². The molecule has 0 spiro atoms. The van der Waals surface area contributed by atoms with Crippen LogP contribution in [0.4, 0.5) is 0 Å². The average Bonchev–Trinajstić information content (AvgIpc) is 2.46. The van der Waals surface area contributed by atoms with Crippen LogP contribution in [0, 0.1) is 10.1 Å². The summed E-state index contributed by atoms with van der Waals surface area (Å²) < 4.78 is 0.765. The molecule has 5 heteroatoms. The van der Waals surface area contributed by atoms with E-state index in [1.54, 1.807) is 18.3 Å². The zero-order valence-electron chi connectivity index (χ0n) is 6.53. The minimum absolute atomic E-state index is 0.156. The largest absolute Gasteiger partial charge is 0.274 e. The number of fused-ring (bicyclic) bond motifs is 1. The highest BCUT2D eigenvalue weighted by atomic mass is 79.9. The molecule has 0 aliphatic heterocycles. The maximum absolute atomic E-state index is 10.6. The Morgan fingerprint density at radius 3 is 3.08 bits per heavy atom. The van der Waals surface area contributed by atoms with Gasteiger partial charge in [0.05, 0.1) is 16.2 Å². The minimum atomic E-state index is -0.375. The van der Waals surface area contributed by atoms with Crippen molar-refractivity contribution in [3.8, 4) is 0 Å². The van der Waals surface area contributed by atoms with Gasteiger partial charge in [-0.25, -0.2) is 0 Å². The molecule has 66 valence electrons. The Morgan fingerprint density at radius 2 is 2.38 bits per heavy atom. The van der Waals surface area contributed by atoms with Crippen molar-refractivity contribution < 1.29 is 4.92 Å². The fraction of sp³-hybridized carbons (Fsp3) is 0.125. The Hall–Kier alpha value is -1.23. The lowest BCUT2D eigenvalue weighted by atomic mass is 10.2. The van der Waals surface area contributed by atoms with Crippen LogP contribution in [0.5, 0.6) is 0 Å². The molecule has 1 aromatic heterocycles. The summed E-state index contributed by atoms with van der Waals surface area (Å²) in [5.41, 5.74) is 1.55. The summed E-state index contributed by atoms with van der Waals surface area (Å²) in [5, 5.41) is 10.6. The van der Waals surface area contributed by atoms with Crippen molar-refractivity contribution in [2.45, 2.75) is 6.42 Å². The summed E-state index contributed by atoms with van der Waals surface area (Å²) in [6, 6.07) is 1.73. The third-order valence-corrected chi connectivity index (χ3v) is 2.33. The van der Waals surface area contributed by atoms with E-state index >= 15 is 0 Å². The van der Waals surface area contributed by atoms with Crippen molar-refractivity contribution in [1.29, 1.82) is 0 Å². The summed E-state index contributed by atoms with van der Waals surface area (Å²) in [4.78, 5) is 14.3. The third kappa shape index (κ3) is 1.35. The molecular formula is C8H5BrN2O2. The first-order valence-electron chi connectivity index (χ1n) is 3.68. The van der Waals surface area contributed by atoms with Crippen molar-refractivity contribution in [2.75, 3.05) is 0 Å². The highest BCUT2D eigenvalue weighted by Gasteiger charge is 2.24. The van der Waals surface area contributed by atoms with Crippen molar-refractivity contribution in [3.63, 3.8) is 0 Å². The summed E-state index contributed by atoms with van der Waals surface area (Å²) in [6.45, 7) is 0. The van der Waals surface area contributed by atoms with E-state index in [1.165, 1.54) is 0 Å². The second kappa shape index (κ2) is 2.92. The van der Waals surface area contributed by atoms with Crippen molar-refractivity contribution >= 4 is 21.6 Å². The van der Waals surface area contributed by atoms with Crippen molar-refractivity contribution in [1.82, 2.24) is 4.98 Å². The molecule has 0 saturated carbocycles. The second-order valence-electron chi connectivity index (χ2n) is 2.70. The summed E-state index contributed by atoms with van der Waals surface area (Å²) >= 11 is 3.23. The lowest BCUT2D eigenvalue weighted by Gasteiger charge is -1.97. The molecule has 0 amide bonds. The van der Waals surface area contributed by atoms with Gasteiger partial charge >= 0.3 is 0 Å². The van der Waals surface area contributed by atoms with Crippen LogP contribution in [-0.2, 0) is 6.42 Å². The van der Waals surface area contributed by atoms with Crippen LogP contribution >= 0.6 is 15.9 Å². The van der Waals surface area contributed by atoms with Gasteiger partial charge in [0.1, 0.15) is 0 Å². The Morgan fingerprint density at radius 1 is 1.62 bits per heavy atom. The quantitative estimate of drug-likeness (QED) is 0.558. The molecule has 1 heterocycles. The van der Waals surface area contributed by atoms with E-state index in [0.717, 1.165) is 10.2 Å². The molecule has 0 aromatic carbocycles. The van der Waals surface area contributed by atoms with Gasteiger partial charge in [0.2, 0.25) is 0 Å². The predicted molar refractivity (Wildman–Crippen MR) is 50.6 cm³/mol. The number of hydrogen-bond acceptors (Lipinski definition) is 3. The fourth-order valence-electron chi connectivity index (χ4n) is 1.33. The zero-order valence-corrected chi connectivity index (χ0v) is 8.11. The van der Waals surface area contributed by atoms with Gasteiger partial charge in [-0.15, -0.1) is 0 Å². The molecule has 0 atom stereocenters. The molecule has 1 aliphatic carbocycles. The van der Waals surface area contributed by atoms with Gasteiger partial charge in [-0.2, -0.15) is 0 Å². The van der Waals surface area contributed by atoms with E-state index < -0.39 is 0 Å². The first kappa shape index (κ1) is 8.37. The number of hydrogen-bond donors (Lipinski definition) is 0. The van der Waals surface area contributed by atoms with Crippen LogP contribution in [0.3, 0.4) is 0 Å². The minimum Gasteiger partial charge on any atom is -0.259 e. The number of aromatic nitrogens is 1. The molecule has 4 nitrogen and oxygen atoms in total. The highest BCUT2D eigenvalue weighted by molar-refractivity contribution is 9.10. The van der Waals surface area contributed by atoms with E-state index in [1.807, 2.05) is 0 Å². The SMILES string of the molecule is O=[N+]([O-])C1=CCc2ncc(Br)cc21. The normalized spacial score (nSPS) is 13.8. The Kier molecular flexibility index (Phi) is 1.88. The lowest BCUT2D eigenvalue weighted by molar-refractivity contribution is -0.375. The molecule has 1 aliphatic rings. The van der Waals surface area contributed by atoms with Gasteiger partial charge in [-0.1, -0.05) is 0 Å². The molecule has 1 aromatic rings. The number of nitrogens with zero attached hydrogens (tertiary/aromatic N) is 2. The Balaban J connectivity index is 2.54. The standard InChI is InChI=1S/C8H5BrN2O2/c9-5-3-6-7(10-4-5)1-2-8(6)11(12)13/h2-4H,1H2. The fourth-order valence-corrected chi connectivity index (χ4v) is 1.66. The van der Waals surface area contributed by atoms with Crippen LogP contribution in [-0.4, -0.2) is 9.91 Å². The second-order valence-corrected chi connectivity index (χ2v) is 3.61. The maximum Gasteiger partial charge on any atom is 0.274 e. The molecule has 0 unspecified atom stereocenters. The topological polar surface area (TPSA) is 56.0 Å².